The average Bonchev–Trinajstić information content (AvgIpc) is 1.83. The summed E-state index contributed by atoms with van der Waals surface area (Å²) < 4.78 is 31.9. The monoisotopic (exact) mass is 204 g/mol. The van der Waals surface area contributed by atoms with Crippen LogP contribution in [0.4, 0.5) is 8.39 Å². The summed E-state index contributed by atoms with van der Waals surface area (Å²) >= 11 is 0. The Labute approximate surface area is 68.8 Å². The molecule has 0 saturated heterocycles. The van der Waals surface area contributed by atoms with Gasteiger partial charge in [-0.3, -0.25) is 0 Å². The standard InChI is InChI=1S/C5H11F2O4P/c1-2-3-10-4-5-11-12(6,7,8)9/h2,8-9H,1,3-5H2. The number of rotatable bonds is 6. The minimum absolute atomic E-state index is 0.140. The minimum atomic E-state index is -6.78. The summed E-state index contributed by atoms with van der Waals surface area (Å²) in [6.07, 6.45) is 1.43. The van der Waals surface area contributed by atoms with Gasteiger partial charge in [0, 0.05) is 0 Å². The van der Waals surface area contributed by atoms with Crippen molar-refractivity contribution in [2.75, 3.05) is 19.8 Å². The summed E-state index contributed by atoms with van der Waals surface area (Å²) in [5, 5.41) is 0. The van der Waals surface area contributed by atoms with Gasteiger partial charge >= 0.3 is 67.8 Å². The molecule has 0 aromatic heterocycles. The molecular formula is C5H11F2O4P. The predicted octanol–water partition coefficient (Wildman–Crippen LogP) is 1.26. The summed E-state index contributed by atoms with van der Waals surface area (Å²) in [4.78, 5) is 15.8. The number of hydrogen-bond donors (Lipinski definition) is 2. The van der Waals surface area contributed by atoms with Gasteiger partial charge in [0.25, 0.3) is 0 Å². The molecule has 0 unspecified atom stereocenters. The molecule has 12 heavy (non-hydrogen) atoms. The van der Waals surface area contributed by atoms with Crippen molar-refractivity contribution in [1.29, 1.82) is 0 Å². The van der Waals surface area contributed by atoms with Crippen molar-refractivity contribution in [3.05, 3.63) is 12.7 Å². The third-order valence-corrected chi connectivity index (χ3v) is 1.38. The summed E-state index contributed by atoms with van der Waals surface area (Å²) in [5.41, 5.74) is 0. The first-order valence-corrected chi connectivity index (χ1v) is 4.94. The van der Waals surface area contributed by atoms with Crippen molar-refractivity contribution in [2.45, 2.75) is 0 Å². The number of ether oxygens (including phenoxy) is 1. The summed E-state index contributed by atoms with van der Waals surface area (Å²) in [5.74, 6) is 0. The molecule has 0 aromatic rings. The second-order valence-corrected chi connectivity index (χ2v) is 3.73. The van der Waals surface area contributed by atoms with Crippen molar-refractivity contribution in [3.8, 4) is 0 Å². The van der Waals surface area contributed by atoms with Crippen LogP contribution < -0.4 is 0 Å². The van der Waals surface area contributed by atoms with E-state index in [1.807, 2.05) is 0 Å². The normalized spacial score (nSPS) is 15.2. The van der Waals surface area contributed by atoms with Crippen LogP contribution in [0.2, 0.25) is 0 Å². The molecule has 0 heterocycles. The molecule has 4 nitrogen and oxygen atoms in total. The van der Waals surface area contributed by atoms with Crippen LogP contribution in [0.25, 0.3) is 0 Å². The molecule has 0 radical (unpaired) electrons. The van der Waals surface area contributed by atoms with E-state index in [1.165, 1.54) is 6.08 Å². The van der Waals surface area contributed by atoms with Gasteiger partial charge < -0.3 is 0 Å². The van der Waals surface area contributed by atoms with Crippen LogP contribution in [-0.2, 0) is 9.26 Å². The van der Waals surface area contributed by atoms with E-state index < -0.39 is 14.5 Å². The van der Waals surface area contributed by atoms with E-state index in [0.717, 1.165) is 0 Å². The van der Waals surface area contributed by atoms with Crippen molar-refractivity contribution in [3.63, 3.8) is 0 Å². The Morgan fingerprint density at radius 2 is 1.92 bits per heavy atom. The van der Waals surface area contributed by atoms with Crippen LogP contribution >= 0.6 is 7.91 Å². The van der Waals surface area contributed by atoms with E-state index >= 15 is 0 Å². The molecular weight excluding hydrogens is 193 g/mol. The van der Waals surface area contributed by atoms with Crippen molar-refractivity contribution < 1.29 is 27.4 Å². The topological polar surface area (TPSA) is 58.9 Å². The van der Waals surface area contributed by atoms with Crippen LogP contribution in [0.1, 0.15) is 0 Å². The zero-order valence-corrected chi connectivity index (χ0v) is 7.21. The molecule has 0 aliphatic carbocycles. The molecule has 0 aliphatic heterocycles. The van der Waals surface area contributed by atoms with Gasteiger partial charge in [0.2, 0.25) is 0 Å². The fourth-order valence-corrected chi connectivity index (χ4v) is 0.789. The molecule has 0 rings (SSSR count). The molecule has 7 heteroatoms. The Bertz CT molecular complexity index is 146. The Morgan fingerprint density at radius 1 is 1.33 bits per heavy atom. The Morgan fingerprint density at radius 3 is 2.33 bits per heavy atom. The molecule has 0 spiro atoms. The predicted molar refractivity (Wildman–Crippen MR) is 40.5 cm³/mol. The fourth-order valence-electron chi connectivity index (χ4n) is 0.414. The Kier molecular flexibility index (Phi) is 4.16. The first-order valence-electron chi connectivity index (χ1n) is 3.10. The molecule has 0 saturated carbocycles. The van der Waals surface area contributed by atoms with Gasteiger partial charge in [-0.1, -0.05) is 0 Å². The maximum atomic E-state index is 11.9. The Balaban J connectivity index is 3.38. The molecule has 0 aromatic carbocycles. The second kappa shape index (κ2) is 4.20. The van der Waals surface area contributed by atoms with Crippen LogP contribution in [0.15, 0.2) is 12.7 Å². The van der Waals surface area contributed by atoms with E-state index in [4.69, 9.17) is 9.79 Å². The second-order valence-electron chi connectivity index (χ2n) is 1.95. The van der Waals surface area contributed by atoms with Crippen molar-refractivity contribution in [1.82, 2.24) is 0 Å². The zero-order chi connectivity index (χ0) is 9.69. The molecule has 2 N–H and O–H groups in total. The third kappa shape index (κ3) is 9.87. The SMILES string of the molecule is C=CCOCCOP(O)(O)(F)F. The quantitative estimate of drug-likeness (QED) is 0.388. The van der Waals surface area contributed by atoms with Crippen LogP contribution in [0, 0.1) is 0 Å². The number of hydrogen-bond acceptors (Lipinski definition) is 4. The molecule has 0 aliphatic rings. The maximum absolute atomic E-state index is 11.9. The van der Waals surface area contributed by atoms with E-state index in [1.54, 1.807) is 0 Å². The van der Waals surface area contributed by atoms with Gasteiger partial charge in [0.15, 0.2) is 0 Å². The van der Waals surface area contributed by atoms with Gasteiger partial charge in [-0.25, -0.2) is 0 Å². The summed E-state index contributed by atoms with van der Waals surface area (Å²) in [6.45, 7) is 2.82. The van der Waals surface area contributed by atoms with Gasteiger partial charge in [-0.2, -0.15) is 0 Å². The molecule has 0 atom stereocenters. The average molecular weight is 204 g/mol. The summed E-state index contributed by atoms with van der Waals surface area (Å²) in [7, 11) is -6.78. The fraction of sp³-hybridized carbons (Fsp3) is 0.600. The van der Waals surface area contributed by atoms with E-state index in [9.17, 15) is 8.39 Å². The van der Waals surface area contributed by atoms with Crippen LogP contribution in [0.5, 0.6) is 0 Å². The summed E-state index contributed by atoms with van der Waals surface area (Å²) in [6, 6.07) is 0. The van der Waals surface area contributed by atoms with E-state index in [0.29, 0.717) is 0 Å². The third-order valence-electron chi connectivity index (χ3n) is 0.768. The molecule has 0 fully saturated rings. The van der Waals surface area contributed by atoms with Gasteiger partial charge in [0.1, 0.15) is 0 Å². The molecule has 0 amide bonds. The van der Waals surface area contributed by atoms with Crippen molar-refractivity contribution in [2.24, 2.45) is 0 Å². The van der Waals surface area contributed by atoms with E-state index in [2.05, 4.69) is 15.8 Å². The molecule has 0 bridgehead atoms. The van der Waals surface area contributed by atoms with Crippen molar-refractivity contribution >= 4 is 7.91 Å². The number of halogens is 2. The zero-order valence-electron chi connectivity index (χ0n) is 6.32. The van der Waals surface area contributed by atoms with E-state index in [-0.39, 0.29) is 13.2 Å². The first kappa shape index (κ1) is 11.9. The first-order chi connectivity index (χ1) is 5.31. The Hall–Kier alpha value is -0.130. The molecule has 74 valence electrons. The van der Waals surface area contributed by atoms with Crippen LogP contribution in [0.3, 0.4) is 0 Å². The van der Waals surface area contributed by atoms with Gasteiger partial charge in [0.05, 0.1) is 0 Å². The van der Waals surface area contributed by atoms with Gasteiger partial charge in [-0.15, -0.1) is 0 Å². The van der Waals surface area contributed by atoms with Gasteiger partial charge in [-0.05, 0) is 0 Å². The van der Waals surface area contributed by atoms with Crippen LogP contribution in [-0.4, -0.2) is 29.6 Å².